The van der Waals surface area contributed by atoms with Gasteiger partial charge in [-0.25, -0.2) is 4.98 Å². The Balaban J connectivity index is 2.62. The smallest absolute Gasteiger partial charge is 0.185 e. The molecule has 0 saturated carbocycles. The van der Waals surface area contributed by atoms with Crippen LogP contribution in [0.5, 0.6) is 0 Å². The van der Waals surface area contributed by atoms with E-state index in [0.29, 0.717) is 12.0 Å². The molecule has 0 saturated heterocycles. The third-order valence-corrected chi connectivity index (χ3v) is 3.73. The van der Waals surface area contributed by atoms with Gasteiger partial charge in [0.2, 0.25) is 0 Å². The first-order valence-corrected chi connectivity index (χ1v) is 7.78. The Kier molecular flexibility index (Phi) is 6.65. The summed E-state index contributed by atoms with van der Waals surface area (Å²) in [6.07, 6.45) is 3.19. The van der Waals surface area contributed by atoms with E-state index in [-0.39, 0.29) is 0 Å². The van der Waals surface area contributed by atoms with Crippen molar-refractivity contribution in [2.24, 2.45) is 5.92 Å². The quantitative estimate of drug-likeness (QED) is 0.732. The molecule has 0 amide bonds. The van der Waals surface area contributed by atoms with E-state index in [0.717, 1.165) is 24.8 Å². The average molecular weight is 269 g/mol. The standard InChI is InChI=1S/C14H27N3S/c1-6-7-15-8-13-9-16-14(18-13)17(12(4)5)10-11(2)3/h9,11-12,15H,6-8,10H2,1-5H3. The van der Waals surface area contributed by atoms with Crippen LogP contribution in [0.25, 0.3) is 0 Å². The van der Waals surface area contributed by atoms with Gasteiger partial charge >= 0.3 is 0 Å². The second-order valence-electron chi connectivity index (χ2n) is 5.43. The maximum atomic E-state index is 4.57. The highest BCUT2D eigenvalue weighted by Gasteiger charge is 2.15. The van der Waals surface area contributed by atoms with Crippen LogP contribution in [0, 0.1) is 5.92 Å². The minimum atomic E-state index is 0.509. The second-order valence-corrected chi connectivity index (χ2v) is 6.52. The summed E-state index contributed by atoms with van der Waals surface area (Å²) in [5.74, 6) is 0.665. The summed E-state index contributed by atoms with van der Waals surface area (Å²) in [6.45, 7) is 14.3. The third kappa shape index (κ3) is 4.94. The molecule has 0 atom stereocenters. The molecule has 0 aliphatic heterocycles. The Hall–Kier alpha value is -0.610. The summed E-state index contributed by atoms with van der Waals surface area (Å²) in [6, 6.07) is 0.509. The number of nitrogens with one attached hydrogen (secondary N) is 1. The fourth-order valence-electron chi connectivity index (χ4n) is 1.80. The first-order valence-electron chi connectivity index (χ1n) is 6.96. The lowest BCUT2D eigenvalue weighted by atomic mass is 10.2. The highest BCUT2D eigenvalue weighted by Crippen LogP contribution is 2.25. The van der Waals surface area contributed by atoms with Crippen molar-refractivity contribution in [3.05, 3.63) is 11.1 Å². The average Bonchev–Trinajstić information content (AvgIpc) is 2.74. The molecule has 0 spiro atoms. The predicted molar refractivity (Wildman–Crippen MR) is 81.4 cm³/mol. The van der Waals surface area contributed by atoms with E-state index in [1.165, 1.54) is 11.3 Å². The van der Waals surface area contributed by atoms with Crippen LogP contribution in [0.4, 0.5) is 5.13 Å². The summed E-state index contributed by atoms with van der Waals surface area (Å²) < 4.78 is 0. The number of aromatic nitrogens is 1. The molecule has 1 rings (SSSR count). The Bertz CT molecular complexity index is 334. The van der Waals surface area contributed by atoms with Gasteiger partial charge in [-0.05, 0) is 32.7 Å². The number of thiazole rings is 1. The highest BCUT2D eigenvalue weighted by molar-refractivity contribution is 7.15. The zero-order chi connectivity index (χ0) is 13.5. The van der Waals surface area contributed by atoms with E-state index in [1.54, 1.807) is 0 Å². The lowest BCUT2D eigenvalue weighted by Crippen LogP contribution is -2.33. The molecule has 1 aromatic rings. The molecule has 4 heteroatoms. The summed E-state index contributed by atoms with van der Waals surface area (Å²) >= 11 is 1.81. The largest absolute Gasteiger partial charge is 0.345 e. The Labute approximate surface area is 116 Å². The van der Waals surface area contributed by atoms with Crippen LogP contribution < -0.4 is 10.2 Å². The van der Waals surface area contributed by atoms with Crippen LogP contribution in [0.2, 0.25) is 0 Å². The van der Waals surface area contributed by atoms with Crippen molar-refractivity contribution < 1.29 is 0 Å². The molecular formula is C14H27N3S. The number of hydrogen-bond donors (Lipinski definition) is 1. The molecule has 1 heterocycles. The van der Waals surface area contributed by atoms with Crippen molar-refractivity contribution in [2.45, 2.75) is 53.6 Å². The van der Waals surface area contributed by atoms with Gasteiger partial charge < -0.3 is 10.2 Å². The zero-order valence-corrected chi connectivity index (χ0v) is 13.2. The van der Waals surface area contributed by atoms with E-state index in [2.05, 4.69) is 49.8 Å². The molecule has 0 aliphatic carbocycles. The summed E-state index contributed by atoms with van der Waals surface area (Å²) in [7, 11) is 0. The normalized spacial score (nSPS) is 11.5. The van der Waals surface area contributed by atoms with E-state index in [4.69, 9.17) is 0 Å². The van der Waals surface area contributed by atoms with Crippen molar-refractivity contribution in [3.63, 3.8) is 0 Å². The van der Waals surface area contributed by atoms with Gasteiger partial charge in [0.05, 0.1) is 0 Å². The molecule has 104 valence electrons. The van der Waals surface area contributed by atoms with Gasteiger partial charge in [0.25, 0.3) is 0 Å². The molecule has 0 aliphatic rings. The molecule has 0 bridgehead atoms. The maximum absolute atomic E-state index is 4.57. The van der Waals surface area contributed by atoms with Gasteiger partial charge in [-0.2, -0.15) is 0 Å². The topological polar surface area (TPSA) is 28.2 Å². The van der Waals surface area contributed by atoms with Crippen LogP contribution in [0.15, 0.2) is 6.20 Å². The Morgan fingerprint density at radius 1 is 1.33 bits per heavy atom. The number of nitrogens with zero attached hydrogens (tertiary/aromatic N) is 2. The lowest BCUT2D eigenvalue weighted by molar-refractivity contribution is 0.570. The van der Waals surface area contributed by atoms with Crippen LogP contribution in [0.1, 0.15) is 45.9 Å². The summed E-state index contributed by atoms with van der Waals surface area (Å²) in [4.78, 5) is 8.30. The minimum Gasteiger partial charge on any atom is -0.345 e. The Morgan fingerprint density at radius 2 is 2.06 bits per heavy atom. The first-order chi connectivity index (χ1) is 8.54. The van der Waals surface area contributed by atoms with Crippen LogP contribution in [-0.4, -0.2) is 24.1 Å². The van der Waals surface area contributed by atoms with Crippen molar-refractivity contribution in [3.8, 4) is 0 Å². The van der Waals surface area contributed by atoms with Crippen molar-refractivity contribution in [2.75, 3.05) is 18.0 Å². The maximum Gasteiger partial charge on any atom is 0.185 e. The lowest BCUT2D eigenvalue weighted by Gasteiger charge is -2.27. The predicted octanol–water partition coefficient (Wildman–Crippen LogP) is 3.51. The molecule has 0 radical (unpaired) electrons. The number of anilines is 1. The molecule has 3 nitrogen and oxygen atoms in total. The summed E-state index contributed by atoms with van der Waals surface area (Å²) in [5.41, 5.74) is 0. The van der Waals surface area contributed by atoms with E-state index >= 15 is 0 Å². The molecule has 18 heavy (non-hydrogen) atoms. The van der Waals surface area contributed by atoms with Gasteiger partial charge in [-0.15, -0.1) is 11.3 Å². The summed E-state index contributed by atoms with van der Waals surface area (Å²) in [5, 5.41) is 4.58. The van der Waals surface area contributed by atoms with Crippen molar-refractivity contribution in [1.29, 1.82) is 0 Å². The van der Waals surface area contributed by atoms with Crippen molar-refractivity contribution in [1.82, 2.24) is 10.3 Å². The van der Waals surface area contributed by atoms with E-state index in [9.17, 15) is 0 Å². The molecule has 0 unspecified atom stereocenters. The van der Waals surface area contributed by atoms with Gasteiger partial charge in [0.15, 0.2) is 5.13 Å². The molecule has 0 fully saturated rings. The van der Waals surface area contributed by atoms with Crippen LogP contribution in [-0.2, 0) is 6.54 Å². The molecule has 0 aromatic carbocycles. The molecular weight excluding hydrogens is 242 g/mol. The van der Waals surface area contributed by atoms with Gasteiger partial charge in [0.1, 0.15) is 0 Å². The van der Waals surface area contributed by atoms with Gasteiger partial charge in [-0.3, -0.25) is 0 Å². The van der Waals surface area contributed by atoms with Crippen LogP contribution >= 0.6 is 11.3 Å². The molecule has 1 aromatic heterocycles. The fourth-order valence-corrected chi connectivity index (χ4v) is 2.83. The second kappa shape index (κ2) is 7.74. The first kappa shape index (κ1) is 15.4. The highest BCUT2D eigenvalue weighted by atomic mass is 32.1. The monoisotopic (exact) mass is 269 g/mol. The zero-order valence-electron chi connectivity index (χ0n) is 12.4. The van der Waals surface area contributed by atoms with Gasteiger partial charge in [0, 0.05) is 30.2 Å². The minimum absolute atomic E-state index is 0.509. The Morgan fingerprint density at radius 3 is 2.61 bits per heavy atom. The SMILES string of the molecule is CCCNCc1cnc(N(CC(C)C)C(C)C)s1. The van der Waals surface area contributed by atoms with E-state index in [1.807, 2.05) is 17.5 Å². The molecule has 1 N–H and O–H groups in total. The fraction of sp³-hybridized carbons (Fsp3) is 0.786. The van der Waals surface area contributed by atoms with Crippen molar-refractivity contribution >= 4 is 16.5 Å². The third-order valence-electron chi connectivity index (χ3n) is 2.70. The van der Waals surface area contributed by atoms with Crippen LogP contribution in [0.3, 0.4) is 0 Å². The van der Waals surface area contributed by atoms with E-state index < -0.39 is 0 Å². The number of rotatable bonds is 8. The number of hydrogen-bond acceptors (Lipinski definition) is 4. The van der Waals surface area contributed by atoms with Gasteiger partial charge in [-0.1, -0.05) is 20.8 Å².